The Hall–Kier alpha value is -2.67. The van der Waals surface area contributed by atoms with Gasteiger partial charge in [-0.25, -0.2) is 13.2 Å². The van der Waals surface area contributed by atoms with Crippen LogP contribution in [0.4, 0.5) is 0 Å². The first kappa shape index (κ1) is 22.6. The number of sulfone groups is 1. The van der Waals surface area contributed by atoms with E-state index >= 15 is 0 Å². The number of hydrogen-bond acceptors (Lipinski definition) is 5. The van der Waals surface area contributed by atoms with Crippen molar-refractivity contribution in [2.45, 2.75) is 43.8 Å². The molecule has 29 heavy (non-hydrogen) atoms. The van der Waals surface area contributed by atoms with E-state index in [0.717, 1.165) is 5.56 Å². The topological polar surface area (TPSA) is 89.5 Å². The summed E-state index contributed by atoms with van der Waals surface area (Å²) in [7, 11) is -3.38. The molecule has 0 bridgehead atoms. The number of benzene rings is 2. The molecular weight excluding hydrogens is 390 g/mol. The minimum atomic E-state index is -3.38. The Morgan fingerprint density at radius 1 is 1.00 bits per heavy atom. The fourth-order valence-corrected chi connectivity index (χ4v) is 3.63. The van der Waals surface area contributed by atoms with Crippen LogP contribution in [0, 0.1) is 6.92 Å². The first-order valence-electron chi connectivity index (χ1n) is 9.53. The van der Waals surface area contributed by atoms with Crippen LogP contribution in [0.1, 0.15) is 41.8 Å². The van der Waals surface area contributed by atoms with Crippen molar-refractivity contribution in [1.29, 1.82) is 0 Å². The molecule has 0 aliphatic rings. The number of rotatable bonds is 9. The molecule has 2 aromatic carbocycles. The van der Waals surface area contributed by atoms with Gasteiger partial charge in [0.2, 0.25) is 5.91 Å². The summed E-state index contributed by atoms with van der Waals surface area (Å²) >= 11 is 0. The maximum absolute atomic E-state index is 12.1. The van der Waals surface area contributed by atoms with Gasteiger partial charge in [-0.2, -0.15) is 0 Å². The van der Waals surface area contributed by atoms with Gasteiger partial charge < -0.3 is 10.1 Å². The normalized spacial score (nSPS) is 11.3. The average Bonchev–Trinajstić information content (AvgIpc) is 2.70. The third kappa shape index (κ3) is 6.71. The molecule has 0 aliphatic carbocycles. The smallest absolute Gasteiger partial charge is 0.338 e. The van der Waals surface area contributed by atoms with Crippen LogP contribution >= 0.6 is 0 Å². The van der Waals surface area contributed by atoms with Crippen LogP contribution in [0.5, 0.6) is 0 Å². The van der Waals surface area contributed by atoms with E-state index in [2.05, 4.69) is 5.32 Å². The fraction of sp³-hybridized carbons (Fsp3) is 0.364. The Morgan fingerprint density at radius 2 is 1.62 bits per heavy atom. The van der Waals surface area contributed by atoms with Gasteiger partial charge in [0.25, 0.3) is 0 Å². The summed E-state index contributed by atoms with van der Waals surface area (Å²) < 4.78 is 29.3. The van der Waals surface area contributed by atoms with E-state index in [1.54, 1.807) is 13.8 Å². The summed E-state index contributed by atoms with van der Waals surface area (Å²) in [4.78, 5) is 24.1. The minimum Gasteiger partial charge on any atom is -0.460 e. The third-order valence-corrected chi connectivity index (χ3v) is 6.63. The van der Waals surface area contributed by atoms with Gasteiger partial charge in [0.15, 0.2) is 9.84 Å². The molecule has 0 saturated carbocycles. The number of ether oxygens (including phenoxy) is 1. The maximum atomic E-state index is 12.1. The van der Waals surface area contributed by atoms with Gasteiger partial charge in [-0.3, -0.25) is 4.79 Å². The van der Waals surface area contributed by atoms with Crippen LogP contribution in [0.15, 0.2) is 53.4 Å². The predicted molar refractivity (Wildman–Crippen MR) is 112 cm³/mol. The standard InChI is InChI=1S/C22H27NO5S/c1-16(2)29(26,27)20-11-9-19(10-12-20)22(25)28-15-14-23-21(24)13-8-18-6-4-17(3)5-7-18/h4-7,9-12,16H,8,13-15H2,1-3H3,(H,23,24). The van der Waals surface area contributed by atoms with E-state index < -0.39 is 21.1 Å². The molecule has 1 N–H and O–H groups in total. The Morgan fingerprint density at radius 3 is 2.21 bits per heavy atom. The minimum absolute atomic E-state index is 0.0428. The monoisotopic (exact) mass is 417 g/mol. The zero-order valence-electron chi connectivity index (χ0n) is 17.0. The fourth-order valence-electron chi connectivity index (χ4n) is 2.57. The highest BCUT2D eigenvalue weighted by molar-refractivity contribution is 7.92. The number of nitrogens with one attached hydrogen (secondary N) is 1. The average molecular weight is 418 g/mol. The molecule has 7 heteroatoms. The zero-order valence-corrected chi connectivity index (χ0v) is 17.8. The number of esters is 1. The maximum Gasteiger partial charge on any atom is 0.338 e. The first-order valence-corrected chi connectivity index (χ1v) is 11.1. The lowest BCUT2D eigenvalue weighted by Gasteiger charge is -2.09. The molecule has 6 nitrogen and oxygen atoms in total. The predicted octanol–water partition coefficient (Wildman–Crippen LogP) is 3.08. The Bertz CT molecular complexity index is 932. The number of aryl methyl sites for hydroxylation is 2. The van der Waals surface area contributed by atoms with Crippen molar-refractivity contribution >= 4 is 21.7 Å². The van der Waals surface area contributed by atoms with Crippen LogP contribution < -0.4 is 5.32 Å². The van der Waals surface area contributed by atoms with Gasteiger partial charge in [0.1, 0.15) is 6.61 Å². The molecule has 0 atom stereocenters. The van der Waals surface area contributed by atoms with Crippen molar-refractivity contribution in [3.63, 3.8) is 0 Å². The second kappa shape index (κ2) is 10.2. The second-order valence-electron chi connectivity index (χ2n) is 7.09. The SMILES string of the molecule is Cc1ccc(CCC(=O)NCCOC(=O)c2ccc(S(=O)(=O)C(C)C)cc2)cc1. The number of hydrogen-bond donors (Lipinski definition) is 1. The van der Waals surface area contributed by atoms with Crippen molar-refractivity contribution in [2.75, 3.05) is 13.2 Å². The molecule has 0 unspecified atom stereocenters. The first-order chi connectivity index (χ1) is 13.7. The van der Waals surface area contributed by atoms with E-state index in [-0.39, 0.29) is 29.5 Å². The Labute approximate surface area is 172 Å². The molecule has 0 saturated heterocycles. The van der Waals surface area contributed by atoms with Gasteiger partial charge in [0.05, 0.1) is 22.3 Å². The molecule has 0 fully saturated rings. The summed E-state index contributed by atoms with van der Waals surface area (Å²) in [5.74, 6) is -0.669. The Kier molecular flexibility index (Phi) is 7.96. The largest absolute Gasteiger partial charge is 0.460 e. The van der Waals surface area contributed by atoms with Gasteiger partial charge in [-0.1, -0.05) is 29.8 Å². The Balaban J connectivity index is 1.72. The lowest BCUT2D eigenvalue weighted by Crippen LogP contribution is -2.28. The quantitative estimate of drug-likeness (QED) is 0.500. The van der Waals surface area contributed by atoms with Crippen molar-refractivity contribution < 1.29 is 22.7 Å². The zero-order chi connectivity index (χ0) is 21.4. The van der Waals surface area contributed by atoms with E-state index in [1.165, 1.54) is 29.8 Å². The van der Waals surface area contributed by atoms with E-state index in [0.29, 0.717) is 12.8 Å². The highest BCUT2D eigenvalue weighted by atomic mass is 32.2. The summed E-state index contributed by atoms with van der Waals surface area (Å²) in [6, 6.07) is 13.7. The van der Waals surface area contributed by atoms with Crippen LogP contribution in [0.2, 0.25) is 0 Å². The summed E-state index contributed by atoms with van der Waals surface area (Å²) in [6.07, 6.45) is 1.01. The molecule has 0 aromatic heterocycles. The molecule has 156 valence electrons. The van der Waals surface area contributed by atoms with E-state index in [1.807, 2.05) is 31.2 Å². The number of amides is 1. The van der Waals surface area contributed by atoms with E-state index in [4.69, 9.17) is 4.74 Å². The van der Waals surface area contributed by atoms with Gasteiger partial charge in [-0.05, 0) is 57.0 Å². The van der Waals surface area contributed by atoms with Gasteiger partial charge in [-0.15, -0.1) is 0 Å². The van der Waals surface area contributed by atoms with Gasteiger partial charge in [0, 0.05) is 6.42 Å². The van der Waals surface area contributed by atoms with Crippen LogP contribution in [0.25, 0.3) is 0 Å². The molecule has 0 radical (unpaired) electrons. The van der Waals surface area contributed by atoms with Crippen LogP contribution in [-0.4, -0.2) is 38.7 Å². The molecule has 0 aliphatic heterocycles. The van der Waals surface area contributed by atoms with Crippen molar-refractivity contribution in [2.24, 2.45) is 0 Å². The second-order valence-corrected chi connectivity index (χ2v) is 9.59. The molecule has 1 amide bonds. The van der Waals surface area contributed by atoms with Crippen molar-refractivity contribution in [3.8, 4) is 0 Å². The molecule has 0 heterocycles. The third-order valence-electron chi connectivity index (χ3n) is 4.46. The van der Waals surface area contributed by atoms with Crippen molar-refractivity contribution in [1.82, 2.24) is 5.32 Å². The lowest BCUT2D eigenvalue weighted by molar-refractivity contribution is -0.121. The molecule has 0 spiro atoms. The molecular formula is C22H27NO5S. The lowest BCUT2D eigenvalue weighted by atomic mass is 10.1. The van der Waals surface area contributed by atoms with Crippen LogP contribution in [0.3, 0.4) is 0 Å². The van der Waals surface area contributed by atoms with Crippen LogP contribution in [-0.2, 0) is 25.8 Å². The highest BCUT2D eigenvalue weighted by Gasteiger charge is 2.19. The molecule has 2 aromatic rings. The van der Waals surface area contributed by atoms with Crippen molar-refractivity contribution in [3.05, 3.63) is 65.2 Å². The summed E-state index contributed by atoms with van der Waals surface area (Å²) in [6.45, 7) is 5.48. The highest BCUT2D eigenvalue weighted by Crippen LogP contribution is 2.16. The summed E-state index contributed by atoms with van der Waals surface area (Å²) in [5, 5.41) is 2.18. The van der Waals surface area contributed by atoms with E-state index in [9.17, 15) is 18.0 Å². The summed E-state index contributed by atoms with van der Waals surface area (Å²) in [5.41, 5.74) is 2.54. The number of carbonyl (C=O) groups excluding carboxylic acids is 2. The molecule has 2 rings (SSSR count). The number of carbonyl (C=O) groups is 2. The van der Waals surface area contributed by atoms with Gasteiger partial charge >= 0.3 is 5.97 Å².